The standard InChI is InChI=1S/C12H10F2N2O2/c13-6-8-15-7-5-11(17)16(12(15)18)10-3-1-9(14)2-4-10/h1-5,7H,6,8H2. The highest BCUT2D eigenvalue weighted by atomic mass is 19.1. The van der Waals surface area contributed by atoms with Crippen LogP contribution in [0.5, 0.6) is 0 Å². The van der Waals surface area contributed by atoms with Crippen LogP contribution in [0.3, 0.4) is 0 Å². The highest BCUT2D eigenvalue weighted by Gasteiger charge is 2.07. The average Bonchev–Trinajstić information content (AvgIpc) is 2.35. The van der Waals surface area contributed by atoms with E-state index in [2.05, 4.69) is 0 Å². The summed E-state index contributed by atoms with van der Waals surface area (Å²) >= 11 is 0. The third-order valence-electron chi connectivity index (χ3n) is 2.46. The Kier molecular flexibility index (Phi) is 3.36. The van der Waals surface area contributed by atoms with Gasteiger partial charge in [0.05, 0.1) is 12.2 Å². The number of benzene rings is 1. The van der Waals surface area contributed by atoms with Gasteiger partial charge in [0.2, 0.25) is 0 Å². The van der Waals surface area contributed by atoms with Crippen LogP contribution in [0.2, 0.25) is 0 Å². The number of hydrogen-bond donors (Lipinski definition) is 0. The lowest BCUT2D eigenvalue weighted by molar-refractivity contribution is 0.433. The maximum atomic E-state index is 12.8. The SMILES string of the molecule is O=c1ccn(CCF)c(=O)n1-c1ccc(F)cc1. The van der Waals surface area contributed by atoms with E-state index in [1.54, 1.807) is 0 Å². The highest BCUT2D eigenvalue weighted by molar-refractivity contribution is 5.31. The second kappa shape index (κ2) is 4.95. The Labute approximate surface area is 101 Å². The van der Waals surface area contributed by atoms with E-state index in [1.807, 2.05) is 0 Å². The van der Waals surface area contributed by atoms with E-state index < -0.39 is 23.7 Å². The molecule has 0 aliphatic carbocycles. The molecule has 0 fully saturated rings. The molecular formula is C12H10F2N2O2. The lowest BCUT2D eigenvalue weighted by atomic mass is 10.3. The molecule has 0 N–H and O–H groups in total. The van der Waals surface area contributed by atoms with Crippen molar-refractivity contribution in [2.75, 3.05) is 6.67 Å². The Balaban J connectivity index is 2.63. The Hall–Kier alpha value is -2.24. The van der Waals surface area contributed by atoms with Crippen LogP contribution in [0.4, 0.5) is 8.78 Å². The second-order valence-electron chi connectivity index (χ2n) is 3.63. The van der Waals surface area contributed by atoms with Crippen LogP contribution in [-0.4, -0.2) is 15.8 Å². The molecule has 1 aromatic carbocycles. The van der Waals surface area contributed by atoms with Crippen LogP contribution < -0.4 is 11.2 Å². The Bertz CT molecular complexity index is 659. The molecule has 1 heterocycles. The monoisotopic (exact) mass is 252 g/mol. The zero-order valence-corrected chi connectivity index (χ0v) is 9.35. The largest absolute Gasteiger partial charge is 0.335 e. The van der Waals surface area contributed by atoms with Crippen molar-refractivity contribution >= 4 is 0 Å². The van der Waals surface area contributed by atoms with E-state index in [4.69, 9.17) is 0 Å². The van der Waals surface area contributed by atoms with E-state index >= 15 is 0 Å². The average molecular weight is 252 g/mol. The predicted molar refractivity (Wildman–Crippen MR) is 62.2 cm³/mol. The van der Waals surface area contributed by atoms with Crippen LogP contribution in [0.25, 0.3) is 5.69 Å². The number of aryl methyl sites for hydroxylation is 1. The molecule has 0 unspecified atom stereocenters. The van der Waals surface area contributed by atoms with Crippen LogP contribution in [0, 0.1) is 5.82 Å². The topological polar surface area (TPSA) is 44.0 Å². The van der Waals surface area contributed by atoms with Crippen LogP contribution in [-0.2, 0) is 6.54 Å². The lowest BCUT2D eigenvalue weighted by Gasteiger charge is -2.08. The molecule has 0 atom stereocenters. The van der Waals surface area contributed by atoms with Crippen LogP contribution in [0.1, 0.15) is 0 Å². The summed E-state index contributed by atoms with van der Waals surface area (Å²) in [6, 6.07) is 6.09. The number of hydrogen-bond acceptors (Lipinski definition) is 2. The summed E-state index contributed by atoms with van der Waals surface area (Å²) in [6.07, 6.45) is 1.24. The first-order valence-electron chi connectivity index (χ1n) is 5.28. The van der Waals surface area contributed by atoms with Gasteiger partial charge in [-0.3, -0.25) is 9.36 Å². The zero-order valence-electron chi connectivity index (χ0n) is 9.35. The summed E-state index contributed by atoms with van der Waals surface area (Å²) in [5.41, 5.74) is -0.937. The van der Waals surface area contributed by atoms with Crippen molar-refractivity contribution in [2.24, 2.45) is 0 Å². The molecular weight excluding hydrogens is 242 g/mol. The first-order chi connectivity index (χ1) is 8.63. The molecule has 0 aliphatic heterocycles. The van der Waals surface area contributed by atoms with E-state index in [0.29, 0.717) is 0 Å². The van der Waals surface area contributed by atoms with E-state index in [0.717, 1.165) is 21.3 Å². The zero-order chi connectivity index (χ0) is 13.1. The number of alkyl halides is 1. The quantitative estimate of drug-likeness (QED) is 0.821. The molecule has 4 nitrogen and oxygen atoms in total. The summed E-state index contributed by atoms with van der Waals surface area (Å²) < 4.78 is 27.0. The van der Waals surface area contributed by atoms with Gasteiger partial charge in [0.25, 0.3) is 5.56 Å². The summed E-state index contributed by atoms with van der Waals surface area (Å²) in [4.78, 5) is 23.6. The summed E-state index contributed by atoms with van der Waals surface area (Å²) in [6.45, 7) is -0.832. The van der Waals surface area contributed by atoms with Crippen molar-refractivity contribution < 1.29 is 8.78 Å². The van der Waals surface area contributed by atoms with Gasteiger partial charge < -0.3 is 0 Å². The Morgan fingerprint density at radius 1 is 1.06 bits per heavy atom. The maximum Gasteiger partial charge on any atom is 0.335 e. The van der Waals surface area contributed by atoms with Crippen molar-refractivity contribution in [1.82, 2.24) is 9.13 Å². The van der Waals surface area contributed by atoms with Gasteiger partial charge in [-0.1, -0.05) is 0 Å². The van der Waals surface area contributed by atoms with E-state index in [9.17, 15) is 18.4 Å². The molecule has 94 valence electrons. The first-order valence-corrected chi connectivity index (χ1v) is 5.28. The van der Waals surface area contributed by atoms with Crippen molar-refractivity contribution in [3.05, 3.63) is 63.2 Å². The summed E-state index contributed by atoms with van der Waals surface area (Å²) in [5.74, 6) is -0.466. The fourth-order valence-corrected chi connectivity index (χ4v) is 1.60. The molecule has 0 saturated carbocycles. The highest BCUT2D eigenvalue weighted by Crippen LogP contribution is 2.04. The van der Waals surface area contributed by atoms with Crippen LogP contribution in [0.15, 0.2) is 46.1 Å². The molecule has 0 saturated heterocycles. The van der Waals surface area contributed by atoms with E-state index in [-0.39, 0.29) is 12.2 Å². The van der Waals surface area contributed by atoms with E-state index in [1.165, 1.54) is 24.4 Å². The number of nitrogens with zero attached hydrogens (tertiary/aromatic N) is 2. The fraction of sp³-hybridized carbons (Fsp3) is 0.167. The van der Waals surface area contributed by atoms with Gasteiger partial charge in [-0.15, -0.1) is 0 Å². The lowest BCUT2D eigenvalue weighted by Crippen LogP contribution is -2.38. The minimum Gasteiger partial charge on any atom is -0.297 e. The molecule has 1 aromatic heterocycles. The predicted octanol–water partition coefficient (Wildman–Crippen LogP) is 1.11. The second-order valence-corrected chi connectivity index (χ2v) is 3.63. The molecule has 0 radical (unpaired) electrons. The third-order valence-corrected chi connectivity index (χ3v) is 2.46. The van der Waals surface area contributed by atoms with Gasteiger partial charge in [-0.2, -0.15) is 0 Å². The normalized spacial score (nSPS) is 10.6. The number of halogens is 2. The van der Waals surface area contributed by atoms with Crippen molar-refractivity contribution in [2.45, 2.75) is 6.54 Å². The van der Waals surface area contributed by atoms with Gasteiger partial charge in [-0.05, 0) is 24.3 Å². The summed E-state index contributed by atoms with van der Waals surface area (Å²) in [7, 11) is 0. The smallest absolute Gasteiger partial charge is 0.297 e. The van der Waals surface area contributed by atoms with Crippen molar-refractivity contribution in [1.29, 1.82) is 0 Å². The Morgan fingerprint density at radius 3 is 2.33 bits per heavy atom. The maximum absolute atomic E-state index is 12.8. The molecule has 0 bridgehead atoms. The fourth-order valence-electron chi connectivity index (χ4n) is 1.60. The molecule has 0 spiro atoms. The molecule has 0 aliphatic rings. The van der Waals surface area contributed by atoms with Gasteiger partial charge >= 0.3 is 5.69 Å². The van der Waals surface area contributed by atoms with Crippen LogP contribution >= 0.6 is 0 Å². The summed E-state index contributed by atoms with van der Waals surface area (Å²) in [5, 5.41) is 0. The number of rotatable bonds is 3. The number of aromatic nitrogens is 2. The first kappa shape index (κ1) is 12.2. The Morgan fingerprint density at radius 2 is 1.72 bits per heavy atom. The molecule has 2 rings (SSSR count). The third kappa shape index (κ3) is 2.22. The molecule has 6 heteroatoms. The molecule has 0 amide bonds. The van der Waals surface area contributed by atoms with Crippen molar-refractivity contribution in [3.63, 3.8) is 0 Å². The minimum absolute atomic E-state index is 0.125. The molecule has 2 aromatic rings. The van der Waals surface area contributed by atoms with Gasteiger partial charge in [0.1, 0.15) is 12.5 Å². The minimum atomic E-state index is -0.707. The van der Waals surface area contributed by atoms with Gasteiger partial charge in [0, 0.05) is 12.3 Å². The van der Waals surface area contributed by atoms with Gasteiger partial charge in [0.15, 0.2) is 0 Å². The van der Waals surface area contributed by atoms with Crippen molar-refractivity contribution in [3.8, 4) is 5.69 Å². The van der Waals surface area contributed by atoms with Gasteiger partial charge in [-0.25, -0.2) is 18.1 Å². The molecule has 18 heavy (non-hydrogen) atoms.